The second-order valence-corrected chi connectivity index (χ2v) is 40.1. The second kappa shape index (κ2) is 35.5. The Morgan fingerprint density at radius 1 is 0.121 bits per heavy atom. The van der Waals surface area contributed by atoms with E-state index in [0.717, 1.165) is 0 Å². The Labute approximate surface area is 834 Å². The highest BCUT2D eigenvalue weighted by Gasteiger charge is 2.42. The lowest BCUT2D eigenvalue weighted by Crippen LogP contribution is -2.23. The summed E-state index contributed by atoms with van der Waals surface area (Å²) in [5.41, 5.74) is 72.1. The Balaban J connectivity index is 0.000000121. The summed E-state index contributed by atoms with van der Waals surface area (Å²) >= 11 is 0. The molecule has 141 heavy (non-hydrogen) atoms. The van der Waals surface area contributed by atoms with Crippen molar-refractivity contribution < 1.29 is 0 Å². The molecule has 18 aromatic rings. The van der Waals surface area contributed by atoms with Crippen LogP contribution in [-0.4, -0.2) is 0 Å². The fraction of sp³-hybridized carbons (Fsp3) is 0.156. The van der Waals surface area contributed by atoms with Crippen molar-refractivity contribution in [1.82, 2.24) is 0 Å². The highest BCUT2D eigenvalue weighted by molar-refractivity contribution is 6.22. The van der Waals surface area contributed by atoms with Crippen LogP contribution in [0.4, 0.5) is 102 Å². The van der Waals surface area contributed by atoms with Crippen molar-refractivity contribution in [2.75, 3.05) is 29.4 Å². The fourth-order valence-corrected chi connectivity index (χ4v) is 23.7. The Morgan fingerprint density at radius 2 is 0.319 bits per heavy atom. The van der Waals surface area contributed by atoms with E-state index in [9.17, 15) is 0 Å². The van der Waals surface area contributed by atoms with Crippen LogP contribution >= 0.6 is 0 Å². The van der Waals surface area contributed by atoms with Crippen molar-refractivity contribution in [2.45, 2.75) is 145 Å². The molecule has 18 aromatic carbocycles. The van der Waals surface area contributed by atoms with Crippen molar-refractivity contribution >= 4 is 136 Å². The molecule has 0 atom stereocenters. The molecule has 0 aromatic heterocycles. The van der Waals surface area contributed by atoms with Gasteiger partial charge in [0.15, 0.2) is 0 Å². The predicted octanol–water partition coefficient (Wildman–Crippen LogP) is 37.3. The molecule has 6 heterocycles. The summed E-state index contributed by atoms with van der Waals surface area (Å²) in [6.07, 6.45) is 0. The van der Waals surface area contributed by atoms with Gasteiger partial charge in [0.2, 0.25) is 0 Å². The molecule has 0 amide bonds. The highest BCUT2D eigenvalue weighted by atomic mass is 15.2. The van der Waals surface area contributed by atoms with Crippen LogP contribution in [0.3, 0.4) is 0 Å². The number of hydrogen-bond donors (Lipinski definition) is 0. The molecule has 0 fully saturated rings. The third kappa shape index (κ3) is 14.8. The van der Waals surface area contributed by atoms with E-state index in [1.54, 1.807) is 0 Å². The van der Waals surface area contributed by atoms with E-state index in [2.05, 4.69) is 521 Å². The molecule has 0 aliphatic carbocycles. The maximum Gasteiger partial charge on any atom is 0.0540 e. The molecule has 0 saturated heterocycles. The number of aryl methyl sites for hydroxylation is 12. The maximum atomic E-state index is 2.53. The minimum Gasteiger partial charge on any atom is -0.309 e. The van der Waals surface area contributed by atoms with E-state index in [1.165, 1.54) is 319 Å². The summed E-state index contributed by atoms with van der Waals surface area (Å²) in [4.78, 5) is 15.0. The van der Waals surface area contributed by atoms with E-state index >= 15 is 0 Å². The lowest BCUT2D eigenvalue weighted by molar-refractivity contribution is 1.12. The zero-order chi connectivity index (χ0) is 97.7. The monoisotopic (exact) mass is 1820 g/mol. The molecule has 0 spiro atoms. The van der Waals surface area contributed by atoms with E-state index in [0.29, 0.717) is 0 Å². The third-order valence-corrected chi connectivity index (χ3v) is 31.0. The second-order valence-electron chi connectivity index (χ2n) is 40.1. The topological polar surface area (TPSA) is 19.4 Å². The minimum absolute atomic E-state index is 1.19. The summed E-state index contributed by atoms with van der Waals surface area (Å²) in [6, 6.07) is 129. The van der Waals surface area contributed by atoms with E-state index < -0.39 is 0 Å². The molecule has 0 N–H and O–H groups in total. The van der Waals surface area contributed by atoms with Crippen LogP contribution < -0.4 is 29.4 Å². The molecule has 6 aliphatic rings. The summed E-state index contributed by atoms with van der Waals surface area (Å²) in [6.45, 7) is 47.0. The van der Waals surface area contributed by atoms with Gasteiger partial charge in [0.1, 0.15) is 0 Å². The van der Waals surface area contributed by atoms with Crippen molar-refractivity contribution in [3.8, 4) is 0 Å². The summed E-state index contributed by atoms with van der Waals surface area (Å²) in [5.74, 6) is 0. The molecular formula is C135H120N6. The van der Waals surface area contributed by atoms with Gasteiger partial charge in [-0.3, -0.25) is 0 Å². The van der Waals surface area contributed by atoms with Crippen LogP contribution in [0.15, 0.2) is 346 Å². The molecule has 0 saturated carbocycles. The molecule has 6 aliphatic heterocycles. The van der Waals surface area contributed by atoms with E-state index in [-0.39, 0.29) is 0 Å². The van der Waals surface area contributed by atoms with Crippen LogP contribution in [0.25, 0.3) is 33.4 Å². The van der Waals surface area contributed by atoms with Gasteiger partial charge in [-0.2, -0.15) is 0 Å². The SMILES string of the molecule is Cc1cc(C)c(C)c(N2c3ccccc3C(=C3c4ccccc4N(c4c(C)c(C)cc(C)c4C)c4ccccc43)c3ccccc32)c1C.Cc1cc(C)cc(N2c3ccccc3/C(=C3/c4ccccc4N(c4cc(C)cc(C)c4)c4ccc(C)cc43)c3cc(C)ccc32)c1.Cc1ccc(C)c(N2c3ccccc3C(=C3c4ccccc4N(c4c(C)c(C)c(C)c(C)c4C)c4ccccc43)c3ccccc32)c1. The number of anilines is 18. The number of benzene rings is 18. The summed E-state index contributed by atoms with van der Waals surface area (Å²) in [7, 11) is 0. The van der Waals surface area contributed by atoms with Crippen LogP contribution in [0.5, 0.6) is 0 Å². The van der Waals surface area contributed by atoms with Crippen molar-refractivity contribution in [3.63, 3.8) is 0 Å². The first-order chi connectivity index (χ1) is 68.2. The van der Waals surface area contributed by atoms with Crippen molar-refractivity contribution in [3.05, 3.63) is 529 Å². The third-order valence-electron chi connectivity index (χ3n) is 31.0. The first-order valence-corrected chi connectivity index (χ1v) is 49.9. The zero-order valence-corrected chi connectivity index (χ0v) is 85.1. The van der Waals surface area contributed by atoms with Gasteiger partial charge in [-0.1, -0.05) is 242 Å². The van der Waals surface area contributed by atoms with Crippen LogP contribution in [-0.2, 0) is 0 Å². The smallest absolute Gasteiger partial charge is 0.0540 e. The standard InChI is InChI=1S/C46H42N2.C45H40N2.C44H38N2/c1-27-25-28(2)32(6)45(31(27)5)47-39-21-13-9-17-35(39)43(36-18-10-14-22-40(36)47)44-37-19-11-15-23-41(37)48(42-24-16-12-20-38(42)44)46-33(7)29(3)26-30(4)34(46)8;1-27-24-25-28(2)42(26-27)46-38-20-12-8-16-34(38)43(35-17-9-13-21-39(35)46)44-36-18-10-14-22-40(36)47(41-23-15-11-19-37(41)44)45-32(6)30(4)29(3)31(5)33(45)7;1-27-15-17-41-37(25-27)43(35-11-7-9-13-39(35)45(41)33-21-29(3)19-30(4)22-33)44-36-12-8-10-14-40(36)46(34-23-31(5)20-32(6)24-34)42-18-16-28(2)26-38(42)44/h9-26H,1-8H3;8-26H,1-7H3;7-26H,1-6H3/b;;44-43+. The quantitative estimate of drug-likeness (QED) is 0.164. The van der Waals surface area contributed by atoms with E-state index in [4.69, 9.17) is 0 Å². The van der Waals surface area contributed by atoms with Crippen LogP contribution in [0.2, 0.25) is 0 Å². The van der Waals surface area contributed by atoms with Gasteiger partial charge in [-0.25, -0.2) is 0 Å². The van der Waals surface area contributed by atoms with Gasteiger partial charge in [0.25, 0.3) is 0 Å². The molecule has 24 rings (SSSR count). The number of rotatable bonds is 6. The largest absolute Gasteiger partial charge is 0.309 e. The van der Waals surface area contributed by atoms with Crippen molar-refractivity contribution in [2.24, 2.45) is 0 Å². The molecule has 0 radical (unpaired) electrons. The van der Waals surface area contributed by atoms with Gasteiger partial charge in [-0.15, -0.1) is 0 Å². The van der Waals surface area contributed by atoms with E-state index in [1.807, 2.05) is 0 Å². The molecule has 0 bridgehead atoms. The molecule has 6 nitrogen and oxygen atoms in total. The molecular weight excluding hydrogens is 1710 g/mol. The van der Waals surface area contributed by atoms with Gasteiger partial charge in [0.05, 0.1) is 85.3 Å². The Bertz CT molecular complexity index is 7760. The first kappa shape index (κ1) is 90.1. The minimum atomic E-state index is 1.19. The average molecular weight is 1830 g/mol. The summed E-state index contributed by atoms with van der Waals surface area (Å²) < 4.78 is 0. The number of hydrogen-bond acceptors (Lipinski definition) is 6. The number of para-hydroxylation sites is 10. The molecule has 6 heteroatoms. The number of nitrogens with zero attached hydrogens (tertiary/aromatic N) is 6. The fourth-order valence-electron chi connectivity index (χ4n) is 23.7. The normalized spacial score (nSPS) is 13.8. The molecule has 690 valence electrons. The number of fused-ring (bicyclic) bond motifs is 12. The van der Waals surface area contributed by atoms with Gasteiger partial charge in [0, 0.05) is 117 Å². The average Bonchev–Trinajstić information content (AvgIpc) is 0.710. The van der Waals surface area contributed by atoms with Gasteiger partial charge in [-0.05, 0) is 366 Å². The first-order valence-electron chi connectivity index (χ1n) is 49.9. The Morgan fingerprint density at radius 3 is 0.582 bits per heavy atom. The lowest BCUT2D eigenvalue weighted by Gasteiger charge is -2.41. The zero-order valence-electron chi connectivity index (χ0n) is 85.1. The van der Waals surface area contributed by atoms with Crippen LogP contribution in [0.1, 0.15) is 184 Å². The Kier molecular flexibility index (Phi) is 22.7. The van der Waals surface area contributed by atoms with Gasteiger partial charge < -0.3 is 29.4 Å². The van der Waals surface area contributed by atoms with Crippen molar-refractivity contribution in [1.29, 1.82) is 0 Å². The molecule has 0 unspecified atom stereocenters. The predicted molar refractivity (Wildman–Crippen MR) is 601 cm³/mol. The summed E-state index contributed by atoms with van der Waals surface area (Å²) in [5, 5.41) is 0. The maximum absolute atomic E-state index is 2.53. The highest BCUT2D eigenvalue weighted by Crippen LogP contribution is 2.64. The van der Waals surface area contributed by atoms with Gasteiger partial charge >= 0.3 is 0 Å². The Hall–Kier alpha value is -16.0. The van der Waals surface area contributed by atoms with Crippen LogP contribution in [0, 0.1) is 145 Å². The lowest BCUT2D eigenvalue weighted by atomic mass is 9.78.